The Morgan fingerprint density at radius 2 is 2.28 bits per heavy atom. The highest BCUT2D eigenvalue weighted by molar-refractivity contribution is 9.10. The van der Waals surface area contributed by atoms with Crippen molar-refractivity contribution in [2.24, 2.45) is 5.10 Å². The molecule has 0 unspecified atom stereocenters. The molecule has 18 heavy (non-hydrogen) atoms. The highest BCUT2D eigenvalue weighted by atomic mass is 79.9. The van der Waals surface area contributed by atoms with E-state index in [4.69, 9.17) is 0 Å². The number of anilines is 1. The van der Waals surface area contributed by atoms with Gasteiger partial charge in [0.15, 0.2) is 0 Å². The van der Waals surface area contributed by atoms with Gasteiger partial charge in [-0.3, -0.25) is 15.5 Å². The summed E-state index contributed by atoms with van der Waals surface area (Å²) in [5, 5.41) is 16.7. The number of thiophene rings is 1. The molecule has 0 saturated heterocycles. The second-order valence-electron chi connectivity index (χ2n) is 3.30. The Morgan fingerprint density at radius 3 is 2.94 bits per heavy atom. The number of rotatable bonds is 4. The monoisotopic (exact) mass is 325 g/mol. The molecular formula is C11H8BrN3O2S. The minimum atomic E-state index is -0.449. The zero-order valence-corrected chi connectivity index (χ0v) is 11.4. The molecule has 0 spiro atoms. The van der Waals surface area contributed by atoms with Crippen LogP contribution in [-0.2, 0) is 0 Å². The summed E-state index contributed by atoms with van der Waals surface area (Å²) >= 11 is 4.80. The van der Waals surface area contributed by atoms with Gasteiger partial charge in [-0.15, -0.1) is 11.3 Å². The Hall–Kier alpha value is -1.73. The van der Waals surface area contributed by atoms with Crippen molar-refractivity contribution in [3.05, 3.63) is 55.2 Å². The fourth-order valence-corrected chi connectivity index (χ4v) is 2.23. The lowest BCUT2D eigenvalue weighted by Gasteiger charge is -2.02. The third-order valence-corrected chi connectivity index (χ3v) is 3.38. The Labute approximate surface area is 115 Å². The van der Waals surface area contributed by atoms with Gasteiger partial charge < -0.3 is 0 Å². The van der Waals surface area contributed by atoms with Gasteiger partial charge in [-0.2, -0.15) is 5.10 Å². The Bertz CT molecular complexity index is 584. The van der Waals surface area contributed by atoms with Gasteiger partial charge in [-0.25, -0.2) is 0 Å². The van der Waals surface area contributed by atoms with Gasteiger partial charge in [-0.1, -0.05) is 22.0 Å². The number of hydrazone groups is 1. The molecule has 92 valence electrons. The second kappa shape index (κ2) is 5.74. The average Bonchev–Trinajstić information content (AvgIpc) is 2.82. The first kappa shape index (κ1) is 12.7. The number of nitro groups is 1. The van der Waals surface area contributed by atoms with E-state index in [0.29, 0.717) is 5.69 Å². The number of hydrogen-bond donors (Lipinski definition) is 1. The molecule has 0 aliphatic carbocycles. The van der Waals surface area contributed by atoms with Crippen molar-refractivity contribution in [3.8, 4) is 0 Å². The molecular weight excluding hydrogens is 318 g/mol. The molecule has 7 heteroatoms. The van der Waals surface area contributed by atoms with Crippen LogP contribution in [0.2, 0.25) is 0 Å². The zero-order chi connectivity index (χ0) is 13.0. The summed E-state index contributed by atoms with van der Waals surface area (Å²) in [6.07, 6.45) is 1.62. The fraction of sp³-hybridized carbons (Fsp3) is 0. The smallest absolute Gasteiger partial charge is 0.272 e. The van der Waals surface area contributed by atoms with E-state index in [1.54, 1.807) is 18.3 Å². The Morgan fingerprint density at radius 1 is 1.44 bits per heavy atom. The molecule has 0 atom stereocenters. The lowest BCUT2D eigenvalue weighted by atomic mass is 10.3. The van der Waals surface area contributed by atoms with Crippen LogP contribution in [-0.4, -0.2) is 11.1 Å². The molecule has 0 aliphatic heterocycles. The predicted octanol–water partition coefficient (Wildman–Crippen LogP) is 3.86. The van der Waals surface area contributed by atoms with Crippen LogP contribution in [0.25, 0.3) is 0 Å². The average molecular weight is 326 g/mol. The lowest BCUT2D eigenvalue weighted by molar-refractivity contribution is -0.384. The lowest BCUT2D eigenvalue weighted by Crippen LogP contribution is -1.96. The van der Waals surface area contributed by atoms with Crippen molar-refractivity contribution in [2.75, 3.05) is 5.43 Å². The second-order valence-corrected chi connectivity index (χ2v) is 5.20. The molecule has 0 aliphatic rings. The van der Waals surface area contributed by atoms with E-state index in [1.165, 1.54) is 17.4 Å². The maximum atomic E-state index is 10.8. The molecule has 0 saturated carbocycles. The highest BCUT2D eigenvalue weighted by Gasteiger charge is 2.12. The Balaban J connectivity index is 2.18. The van der Waals surface area contributed by atoms with Crippen molar-refractivity contribution in [1.82, 2.24) is 0 Å². The van der Waals surface area contributed by atoms with Gasteiger partial charge in [0.05, 0.1) is 11.1 Å². The molecule has 0 radical (unpaired) electrons. The summed E-state index contributed by atoms with van der Waals surface area (Å²) in [5.74, 6) is 0. The van der Waals surface area contributed by atoms with E-state index in [-0.39, 0.29) is 5.69 Å². The molecule has 1 heterocycles. The van der Waals surface area contributed by atoms with Gasteiger partial charge in [-0.05, 0) is 23.6 Å². The summed E-state index contributed by atoms with van der Waals surface area (Å²) in [7, 11) is 0. The Kier molecular flexibility index (Phi) is 4.06. The molecule has 0 fully saturated rings. The van der Waals surface area contributed by atoms with Gasteiger partial charge in [0, 0.05) is 15.4 Å². The predicted molar refractivity (Wildman–Crippen MR) is 76.3 cm³/mol. The van der Waals surface area contributed by atoms with E-state index in [1.807, 2.05) is 17.5 Å². The fourth-order valence-electron chi connectivity index (χ4n) is 1.29. The molecule has 2 rings (SSSR count). The third-order valence-electron chi connectivity index (χ3n) is 2.08. The maximum Gasteiger partial charge on any atom is 0.294 e. The molecule has 2 aromatic rings. The number of benzene rings is 1. The van der Waals surface area contributed by atoms with Crippen LogP contribution in [0.4, 0.5) is 11.4 Å². The molecule has 0 amide bonds. The van der Waals surface area contributed by atoms with Crippen molar-refractivity contribution in [3.63, 3.8) is 0 Å². The summed E-state index contributed by atoms with van der Waals surface area (Å²) in [6.45, 7) is 0. The number of halogens is 1. The van der Waals surface area contributed by atoms with E-state index in [2.05, 4.69) is 26.5 Å². The maximum absolute atomic E-state index is 10.8. The van der Waals surface area contributed by atoms with Crippen LogP contribution in [0.5, 0.6) is 0 Å². The van der Waals surface area contributed by atoms with E-state index >= 15 is 0 Å². The third kappa shape index (κ3) is 3.14. The van der Waals surface area contributed by atoms with Crippen molar-refractivity contribution in [2.45, 2.75) is 0 Å². The standard InChI is InChI=1S/C11H8BrN3O2S/c12-8-3-4-11(15(16)17)10(6-8)14-13-7-9-2-1-5-18-9/h1-7,14H/b13-7+. The molecule has 1 N–H and O–H groups in total. The van der Waals surface area contributed by atoms with E-state index in [0.717, 1.165) is 9.35 Å². The zero-order valence-electron chi connectivity index (χ0n) is 9.04. The molecule has 1 aromatic heterocycles. The summed E-state index contributed by atoms with van der Waals surface area (Å²) in [4.78, 5) is 11.3. The van der Waals surface area contributed by atoms with Crippen LogP contribution in [0.3, 0.4) is 0 Å². The van der Waals surface area contributed by atoms with Crippen molar-refractivity contribution < 1.29 is 4.92 Å². The molecule has 1 aromatic carbocycles. The number of nitro benzene ring substituents is 1. The number of nitrogens with one attached hydrogen (secondary N) is 1. The minimum absolute atomic E-state index is 0.0125. The summed E-state index contributed by atoms with van der Waals surface area (Å²) in [6, 6.07) is 8.47. The first-order valence-corrected chi connectivity index (χ1v) is 6.60. The van der Waals surface area contributed by atoms with Crippen molar-refractivity contribution in [1.29, 1.82) is 0 Å². The van der Waals surface area contributed by atoms with Crippen LogP contribution < -0.4 is 5.43 Å². The van der Waals surface area contributed by atoms with E-state index in [9.17, 15) is 10.1 Å². The number of nitrogens with zero attached hydrogens (tertiary/aromatic N) is 2. The topological polar surface area (TPSA) is 67.5 Å². The van der Waals surface area contributed by atoms with Crippen LogP contribution in [0.1, 0.15) is 4.88 Å². The van der Waals surface area contributed by atoms with Gasteiger partial charge in [0.1, 0.15) is 5.69 Å². The minimum Gasteiger partial charge on any atom is -0.272 e. The number of hydrogen-bond acceptors (Lipinski definition) is 5. The summed E-state index contributed by atoms with van der Waals surface area (Å²) < 4.78 is 0.752. The molecule has 0 bridgehead atoms. The largest absolute Gasteiger partial charge is 0.294 e. The molecule has 5 nitrogen and oxygen atoms in total. The van der Waals surface area contributed by atoms with Crippen LogP contribution >= 0.6 is 27.3 Å². The highest BCUT2D eigenvalue weighted by Crippen LogP contribution is 2.27. The summed E-state index contributed by atoms with van der Waals surface area (Å²) in [5.41, 5.74) is 3.01. The van der Waals surface area contributed by atoms with Crippen LogP contribution in [0.15, 0.2) is 45.3 Å². The van der Waals surface area contributed by atoms with Gasteiger partial charge >= 0.3 is 0 Å². The van der Waals surface area contributed by atoms with Crippen molar-refractivity contribution >= 4 is 44.9 Å². The van der Waals surface area contributed by atoms with Gasteiger partial charge in [0.25, 0.3) is 5.69 Å². The SMILES string of the molecule is O=[N+]([O-])c1ccc(Br)cc1N/N=C/c1cccs1. The van der Waals surface area contributed by atoms with Crippen LogP contribution in [0, 0.1) is 10.1 Å². The first-order chi connectivity index (χ1) is 8.66. The van der Waals surface area contributed by atoms with Gasteiger partial charge in [0.2, 0.25) is 0 Å². The van der Waals surface area contributed by atoms with E-state index < -0.39 is 4.92 Å². The first-order valence-electron chi connectivity index (χ1n) is 4.93. The normalized spacial score (nSPS) is 10.7. The quantitative estimate of drug-likeness (QED) is 0.527.